The first-order valence-electron chi connectivity index (χ1n) is 22.1. The van der Waals surface area contributed by atoms with Crippen molar-refractivity contribution in [1.29, 1.82) is 0 Å². The first-order valence-corrected chi connectivity index (χ1v) is 23.7. The Kier molecular flexibility index (Phi) is 14.2. The lowest BCUT2D eigenvalue weighted by molar-refractivity contribution is -0.144. The largest absolute Gasteiger partial charge is 0.466 e. The predicted molar refractivity (Wildman–Crippen MR) is 259 cm³/mol. The molecule has 0 amide bonds. The fourth-order valence-electron chi connectivity index (χ4n) is 9.97. The minimum atomic E-state index is -1.20. The average molecular weight is 971 g/mol. The molecule has 2 fully saturated rings. The molecule has 0 radical (unpaired) electrons. The van der Waals surface area contributed by atoms with Crippen molar-refractivity contribution in [2.75, 3.05) is 42.6 Å². The summed E-state index contributed by atoms with van der Waals surface area (Å²) in [6.45, 7) is 23.1. The topological polar surface area (TPSA) is 109 Å². The minimum Gasteiger partial charge on any atom is -0.466 e. The zero-order chi connectivity index (χ0) is 44.6. The SMILES string of the molecule is CCOC(=O)CC1CCN(c2cc(C)nc3c2c(C)cn3-c2c(C)cc(Br)cc2C)CC1.Cc1cc(N2CCC(CC(O)O)CC2)c2c(C)cn(-c3c(C)cc(Br)cc3C)c2n1. The summed E-state index contributed by atoms with van der Waals surface area (Å²) in [5.41, 5.74) is 16.3. The van der Waals surface area contributed by atoms with E-state index in [9.17, 15) is 15.0 Å². The number of aliphatic hydroxyl groups is 2. The first-order chi connectivity index (χ1) is 29.5. The number of aryl methyl sites for hydroxylation is 8. The summed E-state index contributed by atoms with van der Waals surface area (Å²) in [7, 11) is 0. The molecule has 62 heavy (non-hydrogen) atoms. The third kappa shape index (κ3) is 9.78. The van der Waals surface area contributed by atoms with Gasteiger partial charge < -0.3 is 33.9 Å². The molecule has 0 spiro atoms. The van der Waals surface area contributed by atoms with Gasteiger partial charge in [0.05, 0.1) is 18.0 Å². The zero-order valence-corrected chi connectivity index (χ0v) is 41.0. The summed E-state index contributed by atoms with van der Waals surface area (Å²) >= 11 is 7.22. The van der Waals surface area contributed by atoms with E-state index in [2.05, 4.69) is 155 Å². The summed E-state index contributed by atoms with van der Waals surface area (Å²) < 4.78 is 11.8. The van der Waals surface area contributed by atoms with Crippen LogP contribution in [0.5, 0.6) is 0 Å². The van der Waals surface area contributed by atoms with E-state index in [1.54, 1.807) is 0 Å². The van der Waals surface area contributed by atoms with Crippen LogP contribution in [-0.4, -0.2) is 74.4 Å². The van der Waals surface area contributed by atoms with Crippen LogP contribution >= 0.6 is 31.9 Å². The van der Waals surface area contributed by atoms with Crippen molar-refractivity contribution in [3.05, 3.63) is 103 Å². The molecule has 2 aliphatic heterocycles. The Bertz CT molecular complexity index is 2550. The molecule has 12 heteroatoms. The van der Waals surface area contributed by atoms with Crippen molar-refractivity contribution < 1.29 is 19.7 Å². The maximum atomic E-state index is 11.9. The third-order valence-electron chi connectivity index (χ3n) is 12.7. The lowest BCUT2D eigenvalue weighted by atomic mass is 9.93. The zero-order valence-electron chi connectivity index (χ0n) is 37.8. The van der Waals surface area contributed by atoms with Crippen molar-refractivity contribution in [3.8, 4) is 11.4 Å². The number of ether oxygens (including phenoxy) is 1. The molecule has 4 aromatic heterocycles. The average Bonchev–Trinajstić information content (AvgIpc) is 3.69. The van der Waals surface area contributed by atoms with E-state index in [0.717, 1.165) is 83.5 Å². The van der Waals surface area contributed by atoms with Crippen LogP contribution in [0.2, 0.25) is 0 Å². The molecule has 6 aromatic rings. The molecule has 0 atom stereocenters. The van der Waals surface area contributed by atoms with Crippen LogP contribution in [0.1, 0.15) is 90.2 Å². The standard InChI is InChI=1S/C26H32BrN3O2.C24H30BrN3O2/c1-6-32-23(31)14-20-7-9-29(10-8-20)22-13-19(5)28-26-24(22)18(4)15-30(26)25-16(2)11-21(27)12-17(25)3;1-14-9-19(25)10-15(2)23(14)28-13-16(3)22-20(11-17(4)26-24(22)28)27-7-5-18(6-8-27)12-21(29)30/h11-13,15,20H,6-10,14H2,1-5H3;9-11,13,18,21,29-30H,5-8,12H2,1-4H3. The summed E-state index contributed by atoms with van der Waals surface area (Å²) in [6.07, 6.45) is 8.19. The minimum absolute atomic E-state index is 0.0683. The Morgan fingerprint density at radius 3 is 1.40 bits per heavy atom. The van der Waals surface area contributed by atoms with Gasteiger partial charge in [-0.25, -0.2) is 9.97 Å². The van der Waals surface area contributed by atoms with Crippen LogP contribution in [0.15, 0.2) is 57.7 Å². The van der Waals surface area contributed by atoms with Crippen LogP contribution in [0.25, 0.3) is 33.4 Å². The number of pyridine rings is 2. The highest BCUT2D eigenvalue weighted by molar-refractivity contribution is 9.10. The lowest BCUT2D eigenvalue weighted by Crippen LogP contribution is -2.35. The van der Waals surface area contributed by atoms with E-state index in [1.165, 1.54) is 66.9 Å². The van der Waals surface area contributed by atoms with Gasteiger partial charge in [-0.1, -0.05) is 31.9 Å². The number of aromatic nitrogens is 4. The van der Waals surface area contributed by atoms with E-state index in [-0.39, 0.29) is 5.97 Å². The van der Waals surface area contributed by atoms with Crippen LogP contribution in [0.4, 0.5) is 11.4 Å². The molecule has 0 saturated carbocycles. The number of aliphatic hydroxyl groups excluding tert-OH is 1. The molecular formula is C50H62Br2N6O4. The number of anilines is 2. The molecule has 2 aliphatic rings. The van der Waals surface area contributed by atoms with Gasteiger partial charge in [0.1, 0.15) is 11.3 Å². The van der Waals surface area contributed by atoms with E-state index < -0.39 is 6.29 Å². The second-order valence-corrected chi connectivity index (χ2v) is 19.5. The number of fused-ring (bicyclic) bond motifs is 2. The van der Waals surface area contributed by atoms with Crippen molar-refractivity contribution in [2.45, 2.75) is 107 Å². The van der Waals surface area contributed by atoms with E-state index in [1.807, 2.05) is 6.92 Å². The van der Waals surface area contributed by atoms with Gasteiger partial charge in [0.25, 0.3) is 0 Å². The number of piperidine rings is 2. The summed E-state index contributed by atoms with van der Waals surface area (Å²) in [6, 6.07) is 13.0. The Morgan fingerprint density at radius 2 is 1.03 bits per heavy atom. The Balaban J connectivity index is 0.000000187. The Labute approximate surface area is 383 Å². The second-order valence-electron chi connectivity index (χ2n) is 17.7. The van der Waals surface area contributed by atoms with Gasteiger partial charge in [-0.2, -0.15) is 0 Å². The van der Waals surface area contributed by atoms with E-state index in [0.29, 0.717) is 31.3 Å². The normalized spacial score (nSPS) is 15.2. The van der Waals surface area contributed by atoms with Crippen LogP contribution < -0.4 is 9.80 Å². The number of halogens is 2. The van der Waals surface area contributed by atoms with E-state index in [4.69, 9.17) is 14.7 Å². The highest BCUT2D eigenvalue weighted by atomic mass is 79.9. The van der Waals surface area contributed by atoms with Gasteiger partial charge in [-0.05, 0) is 170 Å². The van der Waals surface area contributed by atoms with Crippen molar-refractivity contribution >= 4 is 71.3 Å². The Hall–Kier alpha value is -4.23. The van der Waals surface area contributed by atoms with Crippen LogP contribution in [0, 0.1) is 67.2 Å². The maximum absolute atomic E-state index is 11.9. The van der Waals surface area contributed by atoms with Crippen molar-refractivity contribution in [2.24, 2.45) is 11.8 Å². The quantitative estimate of drug-likeness (QED) is 0.109. The number of hydrogen-bond acceptors (Lipinski definition) is 8. The monoisotopic (exact) mass is 968 g/mol. The number of carbonyl (C=O) groups is 1. The Morgan fingerprint density at radius 1 is 0.645 bits per heavy atom. The molecule has 2 aromatic carbocycles. The highest BCUT2D eigenvalue weighted by Gasteiger charge is 2.27. The van der Waals surface area contributed by atoms with Crippen molar-refractivity contribution in [1.82, 2.24) is 19.1 Å². The van der Waals surface area contributed by atoms with Gasteiger partial charge in [0, 0.05) is 93.9 Å². The van der Waals surface area contributed by atoms with Gasteiger partial charge >= 0.3 is 5.97 Å². The number of carbonyl (C=O) groups excluding carboxylic acids is 1. The van der Waals surface area contributed by atoms with Gasteiger partial charge in [-0.15, -0.1) is 0 Å². The molecule has 0 aliphatic carbocycles. The first kappa shape index (κ1) is 45.8. The number of esters is 1. The fraction of sp³-hybridized carbons (Fsp3) is 0.460. The predicted octanol–water partition coefficient (Wildman–Crippen LogP) is 11.1. The number of rotatable bonds is 9. The van der Waals surface area contributed by atoms with E-state index >= 15 is 0 Å². The molecule has 6 heterocycles. The molecular weight excluding hydrogens is 908 g/mol. The van der Waals surface area contributed by atoms with Gasteiger partial charge in [0.15, 0.2) is 6.29 Å². The number of hydrogen-bond donors (Lipinski definition) is 2. The number of nitrogens with zero attached hydrogens (tertiary/aromatic N) is 6. The van der Waals surface area contributed by atoms with Crippen molar-refractivity contribution in [3.63, 3.8) is 0 Å². The third-order valence-corrected chi connectivity index (χ3v) is 13.6. The molecule has 10 nitrogen and oxygen atoms in total. The number of benzene rings is 2. The lowest BCUT2D eigenvalue weighted by Gasteiger charge is -2.34. The summed E-state index contributed by atoms with van der Waals surface area (Å²) in [5, 5.41) is 21.0. The summed E-state index contributed by atoms with van der Waals surface area (Å²) in [5.74, 6) is 0.710. The molecule has 0 bridgehead atoms. The fourth-order valence-corrected chi connectivity index (χ4v) is 11.3. The summed E-state index contributed by atoms with van der Waals surface area (Å²) in [4.78, 5) is 26.7. The molecule has 2 saturated heterocycles. The van der Waals surface area contributed by atoms with Gasteiger partial charge in [-0.3, -0.25) is 4.79 Å². The van der Waals surface area contributed by atoms with Crippen LogP contribution in [-0.2, 0) is 9.53 Å². The molecule has 330 valence electrons. The maximum Gasteiger partial charge on any atom is 0.306 e. The van der Waals surface area contributed by atoms with Gasteiger partial charge in [0.2, 0.25) is 0 Å². The molecule has 0 unspecified atom stereocenters. The smallest absolute Gasteiger partial charge is 0.306 e. The van der Waals surface area contributed by atoms with Crippen LogP contribution in [0.3, 0.4) is 0 Å². The second kappa shape index (κ2) is 19.3. The molecule has 8 rings (SSSR count). The highest BCUT2D eigenvalue weighted by Crippen LogP contribution is 2.39. The molecule has 2 N–H and O–H groups in total.